The maximum atomic E-state index is 14.5. The Morgan fingerprint density at radius 1 is 1.08 bits per heavy atom. The minimum atomic E-state index is -0.632. The fourth-order valence-corrected chi connectivity index (χ4v) is 8.15. The van der Waals surface area contributed by atoms with Crippen molar-refractivity contribution in [2.45, 2.75) is 119 Å². The van der Waals surface area contributed by atoms with E-state index in [2.05, 4.69) is 46.8 Å². The van der Waals surface area contributed by atoms with Crippen LogP contribution in [0.1, 0.15) is 113 Å². The van der Waals surface area contributed by atoms with E-state index in [4.69, 9.17) is 9.47 Å². The van der Waals surface area contributed by atoms with Crippen LogP contribution in [0.5, 0.6) is 0 Å². The number of hydrogen-bond donors (Lipinski definition) is 0. The van der Waals surface area contributed by atoms with E-state index in [1.54, 1.807) is 0 Å². The van der Waals surface area contributed by atoms with Gasteiger partial charge in [-0.05, 0) is 70.8 Å². The van der Waals surface area contributed by atoms with Crippen LogP contribution in [0.15, 0.2) is 23.3 Å². The summed E-state index contributed by atoms with van der Waals surface area (Å²) in [4.78, 5) is 40.3. The van der Waals surface area contributed by atoms with Gasteiger partial charge in [0.25, 0.3) is 0 Å². The number of fused-ring (bicyclic) bond motifs is 3. The molecule has 38 heavy (non-hydrogen) atoms. The van der Waals surface area contributed by atoms with Gasteiger partial charge >= 0.3 is 11.9 Å². The summed E-state index contributed by atoms with van der Waals surface area (Å²) >= 11 is 0. The second kappa shape index (κ2) is 10.2. The van der Waals surface area contributed by atoms with Crippen LogP contribution in [0.25, 0.3) is 0 Å². The smallest absolute Gasteiger partial charge is 0.311 e. The summed E-state index contributed by atoms with van der Waals surface area (Å²) < 4.78 is 12.2. The van der Waals surface area contributed by atoms with E-state index in [1.165, 1.54) is 18.4 Å². The largest absolute Gasteiger partial charge is 0.461 e. The van der Waals surface area contributed by atoms with Crippen molar-refractivity contribution in [3.63, 3.8) is 0 Å². The third-order valence-corrected chi connectivity index (χ3v) is 10.2. The highest BCUT2D eigenvalue weighted by Gasteiger charge is 2.80. The molecule has 0 aromatic rings. The first-order chi connectivity index (χ1) is 17.7. The molecule has 0 aromatic carbocycles. The zero-order valence-electron chi connectivity index (χ0n) is 25.1. The van der Waals surface area contributed by atoms with E-state index >= 15 is 0 Å². The van der Waals surface area contributed by atoms with E-state index < -0.39 is 16.4 Å². The number of hydrogen-bond acceptors (Lipinski definition) is 5. The predicted octanol–water partition coefficient (Wildman–Crippen LogP) is 7.38. The van der Waals surface area contributed by atoms with Gasteiger partial charge in [-0.2, -0.15) is 0 Å². The normalized spacial score (nSPS) is 35.2. The van der Waals surface area contributed by atoms with Crippen LogP contribution in [-0.2, 0) is 23.9 Å². The zero-order chi connectivity index (χ0) is 28.1. The molecule has 0 N–H and O–H groups in total. The van der Waals surface area contributed by atoms with Crippen molar-refractivity contribution in [1.82, 2.24) is 0 Å². The molecule has 2 fully saturated rings. The Morgan fingerprint density at radius 2 is 1.76 bits per heavy atom. The molecule has 212 valence electrons. The van der Waals surface area contributed by atoms with Gasteiger partial charge in [-0.3, -0.25) is 14.4 Å². The Kier molecular flexibility index (Phi) is 7.84. The summed E-state index contributed by atoms with van der Waals surface area (Å²) in [5, 5.41) is 0. The molecule has 0 amide bonds. The molecule has 1 spiro atoms. The van der Waals surface area contributed by atoms with Gasteiger partial charge in [-0.25, -0.2) is 0 Å². The van der Waals surface area contributed by atoms with Crippen molar-refractivity contribution in [3.8, 4) is 0 Å². The fraction of sp³-hybridized carbons (Fsp3) is 0.788. The lowest BCUT2D eigenvalue weighted by Crippen LogP contribution is -2.43. The van der Waals surface area contributed by atoms with E-state index in [0.717, 1.165) is 44.1 Å². The first-order valence-electron chi connectivity index (χ1n) is 15.0. The van der Waals surface area contributed by atoms with Gasteiger partial charge < -0.3 is 9.47 Å². The van der Waals surface area contributed by atoms with Crippen molar-refractivity contribution in [3.05, 3.63) is 23.3 Å². The summed E-state index contributed by atoms with van der Waals surface area (Å²) in [6, 6.07) is 0. The Morgan fingerprint density at radius 3 is 2.42 bits per heavy atom. The molecule has 0 heterocycles. The quantitative estimate of drug-likeness (QED) is 0.178. The average molecular weight is 527 g/mol. The third kappa shape index (κ3) is 4.81. The van der Waals surface area contributed by atoms with Crippen molar-refractivity contribution < 1.29 is 23.9 Å². The van der Waals surface area contributed by atoms with E-state index in [0.29, 0.717) is 6.42 Å². The molecule has 4 rings (SSSR count). The summed E-state index contributed by atoms with van der Waals surface area (Å²) in [5.74, 6) is -0.265. The van der Waals surface area contributed by atoms with Crippen LogP contribution in [0.3, 0.4) is 0 Å². The molecule has 2 bridgehead atoms. The van der Waals surface area contributed by atoms with Gasteiger partial charge in [-0.15, -0.1) is 0 Å². The Balaban J connectivity index is 1.64. The van der Waals surface area contributed by atoms with E-state index in [-0.39, 0.29) is 53.4 Å². The van der Waals surface area contributed by atoms with E-state index in [9.17, 15) is 14.4 Å². The number of unbranched alkanes of at least 4 members (excludes halogenated alkanes) is 4. The van der Waals surface area contributed by atoms with Gasteiger partial charge in [0, 0.05) is 23.7 Å². The number of carbonyl (C=O) groups excluding carboxylic acids is 3. The second-order valence-corrected chi connectivity index (χ2v) is 14.4. The molecular formula is C33H50O5. The summed E-state index contributed by atoms with van der Waals surface area (Å²) in [6.07, 6.45) is 12.6. The lowest BCUT2D eigenvalue weighted by Gasteiger charge is -2.40. The first kappa shape index (κ1) is 29.1. The molecule has 4 unspecified atom stereocenters. The molecule has 4 aliphatic carbocycles. The molecule has 6 atom stereocenters. The molecule has 5 nitrogen and oxygen atoms in total. The van der Waals surface area contributed by atoms with Crippen LogP contribution < -0.4 is 0 Å². The van der Waals surface area contributed by atoms with Crippen molar-refractivity contribution in [1.29, 1.82) is 0 Å². The molecule has 0 aliphatic heterocycles. The van der Waals surface area contributed by atoms with Crippen LogP contribution >= 0.6 is 0 Å². The number of esters is 2. The minimum absolute atomic E-state index is 0.0604. The van der Waals surface area contributed by atoms with Crippen LogP contribution in [-0.4, -0.2) is 29.9 Å². The summed E-state index contributed by atoms with van der Waals surface area (Å²) in [5.41, 5.74) is 0.242. The van der Waals surface area contributed by atoms with Crippen molar-refractivity contribution in [2.75, 3.05) is 6.61 Å². The first-order valence-corrected chi connectivity index (χ1v) is 15.0. The maximum absolute atomic E-state index is 14.5. The average Bonchev–Trinajstić information content (AvgIpc) is 3.14. The monoisotopic (exact) mass is 526 g/mol. The fourth-order valence-electron chi connectivity index (χ4n) is 8.15. The molecule has 4 aliphatic rings. The molecule has 2 saturated carbocycles. The number of ether oxygens (including phenoxy) is 2. The van der Waals surface area contributed by atoms with Crippen LogP contribution in [0.2, 0.25) is 0 Å². The number of rotatable bonds is 9. The molecule has 5 heteroatoms. The SMILES string of the molecule is CCCCCCCC(=O)O[C@@]12CC(C)C34C=C(C)CC3CC(COC(=O)C(C)(C)C)=CC(C4=O)[C@H]1C2(C)C. The minimum Gasteiger partial charge on any atom is -0.461 e. The number of carbonyl (C=O) groups is 3. The Hall–Kier alpha value is -1.91. The molecule has 0 saturated heterocycles. The van der Waals surface area contributed by atoms with Gasteiger partial charge in [0.05, 0.1) is 10.8 Å². The van der Waals surface area contributed by atoms with Crippen LogP contribution in [0.4, 0.5) is 0 Å². The Bertz CT molecular complexity index is 1030. The highest BCUT2D eigenvalue weighted by molar-refractivity contribution is 5.94. The van der Waals surface area contributed by atoms with Gasteiger partial charge in [-0.1, -0.05) is 71.1 Å². The topological polar surface area (TPSA) is 69.7 Å². The van der Waals surface area contributed by atoms with Crippen molar-refractivity contribution >= 4 is 17.7 Å². The number of Topliss-reactive ketones (excluding diaryl/α,β-unsaturated/α-hetero) is 1. The molecular weight excluding hydrogens is 476 g/mol. The third-order valence-electron chi connectivity index (χ3n) is 10.2. The van der Waals surface area contributed by atoms with Crippen LogP contribution in [0, 0.1) is 39.9 Å². The summed E-state index contributed by atoms with van der Waals surface area (Å²) in [6.45, 7) is 16.6. The standard InChI is InChI=1S/C33H50O5/c1-9-10-11-12-13-14-26(34)38-33-19-22(3)32-18-21(2)15-24(32)16-23(20-37-29(36)30(4,5)6)17-25(28(32)35)27(33)31(33,7)8/h17-18,22,24-25,27H,9-16,19-20H2,1-8H3/t22?,24?,25?,27-,32?,33-/m0/s1. The predicted molar refractivity (Wildman–Crippen MR) is 149 cm³/mol. The highest BCUT2D eigenvalue weighted by atomic mass is 16.6. The molecule has 0 aromatic heterocycles. The highest BCUT2D eigenvalue weighted by Crippen LogP contribution is 2.74. The van der Waals surface area contributed by atoms with Gasteiger partial charge in [0.15, 0.2) is 5.78 Å². The van der Waals surface area contributed by atoms with Gasteiger partial charge in [0.2, 0.25) is 0 Å². The number of allylic oxidation sites excluding steroid dienone is 3. The summed E-state index contributed by atoms with van der Waals surface area (Å²) in [7, 11) is 0. The number of ketones is 1. The van der Waals surface area contributed by atoms with E-state index in [1.807, 2.05) is 20.8 Å². The molecule has 0 radical (unpaired) electrons. The Labute approximate surface area is 230 Å². The lowest BCUT2D eigenvalue weighted by atomic mass is 9.62. The maximum Gasteiger partial charge on any atom is 0.311 e. The second-order valence-electron chi connectivity index (χ2n) is 14.4. The van der Waals surface area contributed by atoms with Crippen molar-refractivity contribution in [2.24, 2.45) is 39.9 Å². The lowest BCUT2D eigenvalue weighted by molar-refractivity contribution is -0.156. The van der Waals surface area contributed by atoms with Gasteiger partial charge in [0.1, 0.15) is 12.2 Å². The zero-order valence-corrected chi connectivity index (χ0v) is 25.1.